The summed E-state index contributed by atoms with van der Waals surface area (Å²) in [5.74, 6) is 1.78. The zero-order chi connectivity index (χ0) is 19.5. The Kier molecular flexibility index (Phi) is 16.9. The zero-order valence-electron chi connectivity index (χ0n) is 16.8. The maximum absolute atomic E-state index is 11.6. The molecule has 1 amide bonds. The number of amides is 1. The maximum atomic E-state index is 11.6. The van der Waals surface area contributed by atoms with E-state index in [2.05, 4.69) is 12.8 Å². The van der Waals surface area contributed by atoms with E-state index in [1.807, 2.05) is 0 Å². The number of unbranched alkanes of at least 4 members (excludes halogenated alkanes) is 11. The molecule has 0 heterocycles. The highest BCUT2D eigenvalue weighted by Crippen LogP contribution is 2.11. The van der Waals surface area contributed by atoms with Gasteiger partial charge in [-0.05, 0) is 6.42 Å². The van der Waals surface area contributed by atoms with E-state index in [9.17, 15) is 9.59 Å². The molecule has 0 unspecified atom stereocenters. The Morgan fingerprint density at radius 2 is 1.35 bits per heavy atom. The quantitative estimate of drug-likeness (QED) is 0.220. The average Bonchev–Trinajstić information content (AvgIpc) is 2.63. The molecule has 0 spiro atoms. The summed E-state index contributed by atoms with van der Waals surface area (Å²) in [7, 11) is 1.48. The van der Waals surface area contributed by atoms with Crippen molar-refractivity contribution in [3.8, 4) is 12.3 Å². The lowest BCUT2D eigenvalue weighted by atomic mass is 10.1. The van der Waals surface area contributed by atoms with Crippen LogP contribution in [0.25, 0.3) is 0 Å². The minimum absolute atomic E-state index is 0.100. The number of terminal acetylenes is 1. The molecule has 0 aromatic rings. The first-order chi connectivity index (χ1) is 12.6. The largest absolute Gasteiger partial charge is 0.464 e. The molecule has 0 N–H and O–H groups in total. The number of rotatable bonds is 16. The molecule has 0 aliphatic heterocycles. The van der Waals surface area contributed by atoms with Gasteiger partial charge in [-0.25, -0.2) is 4.79 Å². The Morgan fingerprint density at radius 3 is 1.85 bits per heavy atom. The molecule has 5 nitrogen and oxygen atoms in total. The van der Waals surface area contributed by atoms with Crippen molar-refractivity contribution >= 4 is 12.1 Å². The molecule has 0 aliphatic rings. The number of hydrogen-bond acceptors (Lipinski definition) is 4. The molecule has 0 bridgehead atoms. The first-order valence-corrected chi connectivity index (χ1v) is 10.1. The fourth-order valence-electron chi connectivity index (χ4n) is 2.65. The molecule has 26 heavy (non-hydrogen) atoms. The predicted molar refractivity (Wildman–Crippen MR) is 105 cm³/mol. The van der Waals surface area contributed by atoms with Crippen LogP contribution in [0, 0.1) is 12.3 Å². The number of hydrogen-bond donors (Lipinski definition) is 0. The van der Waals surface area contributed by atoms with E-state index in [0.29, 0.717) is 6.61 Å². The molecule has 0 radical (unpaired) electrons. The van der Waals surface area contributed by atoms with Gasteiger partial charge in [0.1, 0.15) is 6.54 Å². The molecule has 0 rings (SSSR count). The van der Waals surface area contributed by atoms with Crippen molar-refractivity contribution in [2.45, 2.75) is 84.0 Å². The minimum Gasteiger partial charge on any atom is -0.464 e. The van der Waals surface area contributed by atoms with Crippen LogP contribution < -0.4 is 0 Å². The van der Waals surface area contributed by atoms with Crippen molar-refractivity contribution in [3.63, 3.8) is 0 Å². The summed E-state index contributed by atoms with van der Waals surface area (Å²) in [6.45, 7) is 2.43. The lowest BCUT2D eigenvalue weighted by molar-refractivity contribution is -0.144. The van der Waals surface area contributed by atoms with Crippen molar-refractivity contribution < 1.29 is 19.1 Å². The van der Waals surface area contributed by atoms with Gasteiger partial charge in [0.2, 0.25) is 0 Å². The average molecular weight is 368 g/mol. The minimum atomic E-state index is -0.620. The fraction of sp³-hybridized carbons (Fsp3) is 0.810. The van der Waals surface area contributed by atoms with Crippen LogP contribution in [0.2, 0.25) is 0 Å². The fourth-order valence-corrected chi connectivity index (χ4v) is 2.65. The summed E-state index contributed by atoms with van der Waals surface area (Å²) < 4.78 is 9.85. The lowest BCUT2D eigenvalue weighted by Gasteiger charge is -2.15. The third kappa shape index (κ3) is 15.8. The van der Waals surface area contributed by atoms with Crippen LogP contribution in [0.15, 0.2) is 0 Å². The summed E-state index contributed by atoms with van der Waals surface area (Å²) in [5.41, 5.74) is 0. The van der Waals surface area contributed by atoms with E-state index in [4.69, 9.17) is 15.9 Å². The van der Waals surface area contributed by atoms with Gasteiger partial charge in [-0.15, -0.1) is 6.42 Å². The van der Waals surface area contributed by atoms with E-state index in [1.165, 1.54) is 71.3 Å². The van der Waals surface area contributed by atoms with E-state index in [-0.39, 0.29) is 13.2 Å². The van der Waals surface area contributed by atoms with Crippen LogP contribution in [-0.4, -0.2) is 43.8 Å². The van der Waals surface area contributed by atoms with Crippen LogP contribution in [0.3, 0.4) is 0 Å². The first-order valence-electron chi connectivity index (χ1n) is 10.1. The maximum Gasteiger partial charge on any atom is 0.410 e. The van der Waals surface area contributed by atoms with Gasteiger partial charge < -0.3 is 14.4 Å². The number of carbonyl (C=O) groups excluding carboxylic acids is 2. The molecule has 0 aromatic carbocycles. The van der Waals surface area contributed by atoms with Crippen LogP contribution in [0.5, 0.6) is 0 Å². The van der Waals surface area contributed by atoms with Gasteiger partial charge in [0.25, 0.3) is 0 Å². The smallest absolute Gasteiger partial charge is 0.410 e. The van der Waals surface area contributed by atoms with E-state index >= 15 is 0 Å². The normalized spacial score (nSPS) is 10.2. The number of ether oxygens (including phenoxy) is 2. The van der Waals surface area contributed by atoms with Gasteiger partial charge in [0, 0.05) is 7.05 Å². The van der Waals surface area contributed by atoms with E-state index in [1.54, 1.807) is 0 Å². The van der Waals surface area contributed by atoms with Crippen LogP contribution in [0.1, 0.15) is 84.0 Å². The summed E-state index contributed by atoms with van der Waals surface area (Å²) in [5, 5.41) is 0. The van der Waals surface area contributed by atoms with E-state index < -0.39 is 12.1 Å². The highest BCUT2D eigenvalue weighted by molar-refractivity contribution is 5.77. The Morgan fingerprint density at radius 1 is 0.846 bits per heavy atom. The molecule has 0 aliphatic carbocycles. The van der Waals surface area contributed by atoms with Crippen molar-refractivity contribution in [3.05, 3.63) is 0 Å². The Bertz CT molecular complexity index is 403. The molecule has 0 atom stereocenters. The second kappa shape index (κ2) is 18.1. The second-order valence-electron chi connectivity index (χ2n) is 6.72. The number of esters is 1. The molecule has 0 fully saturated rings. The number of likely N-dealkylation sites (N-methyl/N-ethyl adjacent to an activating group) is 1. The number of nitrogens with zero attached hydrogens (tertiary/aromatic N) is 1. The first kappa shape index (κ1) is 24.3. The Balaban J connectivity index is 3.38. The van der Waals surface area contributed by atoms with Crippen LogP contribution >= 0.6 is 0 Å². The monoisotopic (exact) mass is 367 g/mol. The van der Waals surface area contributed by atoms with Crippen molar-refractivity contribution in [1.29, 1.82) is 0 Å². The molecule has 0 aromatic heterocycles. The summed E-state index contributed by atoms with van der Waals surface area (Å²) >= 11 is 0. The van der Waals surface area contributed by atoms with Gasteiger partial charge in [-0.1, -0.05) is 83.5 Å². The third-order valence-corrected chi connectivity index (χ3v) is 4.22. The van der Waals surface area contributed by atoms with Gasteiger partial charge in [0.15, 0.2) is 6.61 Å². The molecule has 0 saturated heterocycles. The topological polar surface area (TPSA) is 55.8 Å². The zero-order valence-corrected chi connectivity index (χ0v) is 16.8. The van der Waals surface area contributed by atoms with Gasteiger partial charge in [-0.3, -0.25) is 4.79 Å². The number of carbonyl (C=O) groups is 2. The second-order valence-corrected chi connectivity index (χ2v) is 6.72. The molecule has 5 heteroatoms. The summed E-state index contributed by atoms with van der Waals surface area (Å²) in [4.78, 5) is 24.2. The molecular formula is C21H37NO4. The predicted octanol–water partition coefficient (Wildman–Crippen LogP) is 4.93. The highest BCUT2D eigenvalue weighted by atomic mass is 16.6. The molecule has 0 saturated carbocycles. The van der Waals surface area contributed by atoms with Crippen LogP contribution in [0.4, 0.5) is 4.79 Å². The molecule has 150 valence electrons. The Labute approximate surface area is 159 Å². The van der Waals surface area contributed by atoms with Gasteiger partial charge >= 0.3 is 12.1 Å². The van der Waals surface area contributed by atoms with Gasteiger partial charge in [0.05, 0.1) is 6.61 Å². The Hall–Kier alpha value is -1.70. The standard InChI is InChI=1S/C21H37NO4/c1-4-6-7-8-9-10-11-12-13-14-15-16-18-25-20(23)19-22(3)21(24)26-17-5-2/h2H,4,6-19H2,1,3H3. The van der Waals surface area contributed by atoms with Crippen molar-refractivity contribution in [2.24, 2.45) is 0 Å². The van der Waals surface area contributed by atoms with Gasteiger partial charge in [-0.2, -0.15) is 0 Å². The van der Waals surface area contributed by atoms with Crippen molar-refractivity contribution in [2.75, 3.05) is 26.8 Å². The summed E-state index contributed by atoms with van der Waals surface area (Å²) in [6.07, 6.45) is 19.6. The summed E-state index contributed by atoms with van der Waals surface area (Å²) in [6, 6.07) is 0. The lowest BCUT2D eigenvalue weighted by Crippen LogP contribution is -2.33. The van der Waals surface area contributed by atoms with Crippen LogP contribution in [-0.2, 0) is 14.3 Å². The third-order valence-electron chi connectivity index (χ3n) is 4.22. The van der Waals surface area contributed by atoms with E-state index in [0.717, 1.165) is 17.7 Å². The molecular weight excluding hydrogens is 330 g/mol. The SMILES string of the molecule is C#CCOC(=O)N(C)CC(=O)OCCCCCCCCCCCCCC. The highest BCUT2D eigenvalue weighted by Gasteiger charge is 2.14. The van der Waals surface area contributed by atoms with Crippen molar-refractivity contribution in [1.82, 2.24) is 4.90 Å².